The Labute approximate surface area is 203 Å². The molecule has 0 atom stereocenters. The predicted molar refractivity (Wildman–Crippen MR) is 136 cm³/mol. The van der Waals surface area contributed by atoms with Crippen LogP contribution in [-0.2, 0) is 17.6 Å². The highest BCUT2D eigenvalue weighted by Gasteiger charge is 2.19. The number of nitrogens with one attached hydrogen (secondary N) is 1. The zero-order valence-electron chi connectivity index (χ0n) is 18.6. The summed E-state index contributed by atoms with van der Waals surface area (Å²) in [6.45, 7) is 4.19. The van der Waals surface area contributed by atoms with Gasteiger partial charge in [0.1, 0.15) is 0 Å². The number of thioether (sulfide) groups is 1. The van der Waals surface area contributed by atoms with Gasteiger partial charge in [0.2, 0.25) is 5.91 Å². The van der Waals surface area contributed by atoms with E-state index in [1.165, 1.54) is 11.8 Å². The number of amides is 1. The van der Waals surface area contributed by atoms with E-state index in [0.29, 0.717) is 16.0 Å². The van der Waals surface area contributed by atoms with Gasteiger partial charge in [-0.05, 0) is 48.2 Å². The predicted octanol–water partition coefficient (Wildman–Crippen LogP) is 6.44. The standard InChI is InChI=1S/C26H25ClN4OS/c1-3-18-11-10-12-19(4-2)24(18)28-23(32)17-33-26-30-29-25(21-15-8-9-16-22(21)27)31(26)20-13-6-5-7-14-20/h5-16H,3-4,17H2,1-2H3,(H,28,32). The van der Waals surface area contributed by atoms with E-state index in [-0.39, 0.29) is 11.7 Å². The van der Waals surface area contributed by atoms with E-state index in [4.69, 9.17) is 11.6 Å². The lowest BCUT2D eigenvalue weighted by Crippen LogP contribution is -2.17. The monoisotopic (exact) mass is 476 g/mol. The molecule has 4 aromatic rings. The topological polar surface area (TPSA) is 59.8 Å². The van der Waals surface area contributed by atoms with Crippen molar-refractivity contribution in [1.82, 2.24) is 14.8 Å². The van der Waals surface area contributed by atoms with E-state index in [0.717, 1.165) is 40.9 Å². The SMILES string of the molecule is CCc1cccc(CC)c1NC(=O)CSc1nnc(-c2ccccc2Cl)n1-c1ccccc1. The van der Waals surface area contributed by atoms with Crippen molar-refractivity contribution in [3.05, 3.63) is 88.9 Å². The number of halogens is 1. The van der Waals surface area contributed by atoms with Crippen LogP contribution in [0.3, 0.4) is 0 Å². The smallest absolute Gasteiger partial charge is 0.234 e. The molecular formula is C26H25ClN4OS. The van der Waals surface area contributed by atoms with Crippen molar-refractivity contribution in [2.24, 2.45) is 0 Å². The average molecular weight is 477 g/mol. The fourth-order valence-corrected chi connectivity index (χ4v) is 4.67. The lowest BCUT2D eigenvalue weighted by molar-refractivity contribution is -0.113. The maximum atomic E-state index is 12.9. The van der Waals surface area contributed by atoms with E-state index in [1.807, 2.05) is 65.2 Å². The van der Waals surface area contributed by atoms with E-state index in [1.54, 1.807) is 0 Å². The van der Waals surface area contributed by atoms with Crippen LogP contribution in [0.25, 0.3) is 17.1 Å². The van der Waals surface area contributed by atoms with Crippen LogP contribution in [0.4, 0.5) is 5.69 Å². The summed E-state index contributed by atoms with van der Waals surface area (Å²) in [6, 6.07) is 23.6. The van der Waals surface area contributed by atoms with Crippen LogP contribution >= 0.6 is 23.4 Å². The molecule has 1 amide bonds. The number of para-hydroxylation sites is 2. The Kier molecular flexibility index (Phi) is 7.47. The Morgan fingerprint density at radius 1 is 0.909 bits per heavy atom. The Balaban J connectivity index is 1.61. The van der Waals surface area contributed by atoms with Gasteiger partial charge in [0.05, 0.1) is 10.8 Å². The maximum absolute atomic E-state index is 12.9. The first-order chi connectivity index (χ1) is 16.1. The van der Waals surface area contributed by atoms with Gasteiger partial charge >= 0.3 is 0 Å². The zero-order valence-corrected chi connectivity index (χ0v) is 20.2. The molecule has 0 fully saturated rings. The van der Waals surface area contributed by atoms with Crippen LogP contribution in [0.1, 0.15) is 25.0 Å². The van der Waals surface area contributed by atoms with Crippen LogP contribution in [-0.4, -0.2) is 26.4 Å². The summed E-state index contributed by atoms with van der Waals surface area (Å²) >= 11 is 7.80. The summed E-state index contributed by atoms with van der Waals surface area (Å²) in [6.07, 6.45) is 1.72. The van der Waals surface area contributed by atoms with Gasteiger partial charge in [-0.15, -0.1) is 10.2 Å². The number of aromatic nitrogens is 3. The van der Waals surface area contributed by atoms with Gasteiger partial charge in [-0.1, -0.05) is 85.7 Å². The second-order valence-electron chi connectivity index (χ2n) is 7.45. The van der Waals surface area contributed by atoms with Crippen molar-refractivity contribution < 1.29 is 4.79 Å². The third kappa shape index (κ3) is 5.13. The maximum Gasteiger partial charge on any atom is 0.234 e. The summed E-state index contributed by atoms with van der Waals surface area (Å²) in [5.74, 6) is 0.783. The third-order valence-electron chi connectivity index (χ3n) is 5.36. The molecule has 0 saturated carbocycles. The molecule has 0 unspecified atom stereocenters. The molecule has 0 aliphatic rings. The quantitative estimate of drug-likeness (QED) is 0.297. The van der Waals surface area contributed by atoms with Crippen LogP contribution < -0.4 is 5.32 Å². The Morgan fingerprint density at radius 3 is 2.24 bits per heavy atom. The number of benzene rings is 3. The number of anilines is 1. The Bertz CT molecular complexity index is 1230. The van der Waals surface area contributed by atoms with Crippen molar-refractivity contribution in [2.45, 2.75) is 31.8 Å². The van der Waals surface area contributed by atoms with Crippen molar-refractivity contribution in [3.8, 4) is 17.1 Å². The van der Waals surface area contributed by atoms with E-state index < -0.39 is 0 Å². The lowest BCUT2D eigenvalue weighted by Gasteiger charge is -2.14. The second-order valence-corrected chi connectivity index (χ2v) is 8.80. The fraction of sp³-hybridized carbons (Fsp3) is 0.192. The van der Waals surface area contributed by atoms with Crippen LogP contribution in [0.5, 0.6) is 0 Å². The number of nitrogens with zero attached hydrogens (tertiary/aromatic N) is 3. The molecule has 0 radical (unpaired) electrons. The first-order valence-electron chi connectivity index (χ1n) is 10.9. The molecule has 7 heteroatoms. The van der Waals surface area contributed by atoms with Crippen LogP contribution in [0.2, 0.25) is 5.02 Å². The van der Waals surface area contributed by atoms with E-state index in [2.05, 4.69) is 41.5 Å². The number of aryl methyl sites for hydroxylation is 2. The summed E-state index contributed by atoms with van der Waals surface area (Å²) in [4.78, 5) is 12.9. The summed E-state index contributed by atoms with van der Waals surface area (Å²) in [7, 11) is 0. The molecule has 1 N–H and O–H groups in total. The molecule has 168 valence electrons. The fourth-order valence-electron chi connectivity index (χ4n) is 3.70. The highest BCUT2D eigenvalue weighted by Crippen LogP contribution is 2.32. The first-order valence-corrected chi connectivity index (χ1v) is 12.3. The highest BCUT2D eigenvalue weighted by atomic mass is 35.5. The summed E-state index contributed by atoms with van der Waals surface area (Å²) in [5, 5.41) is 13.2. The number of hydrogen-bond acceptors (Lipinski definition) is 4. The molecule has 0 bridgehead atoms. The third-order valence-corrected chi connectivity index (χ3v) is 6.62. The van der Waals surface area contributed by atoms with Crippen molar-refractivity contribution in [2.75, 3.05) is 11.1 Å². The largest absolute Gasteiger partial charge is 0.325 e. The van der Waals surface area contributed by atoms with Crippen molar-refractivity contribution in [3.63, 3.8) is 0 Å². The molecule has 0 saturated heterocycles. The van der Waals surface area contributed by atoms with Crippen LogP contribution in [0, 0.1) is 0 Å². The molecule has 0 aliphatic carbocycles. The minimum atomic E-state index is -0.0718. The van der Waals surface area contributed by atoms with E-state index in [9.17, 15) is 4.79 Å². The number of hydrogen-bond donors (Lipinski definition) is 1. The summed E-state index contributed by atoms with van der Waals surface area (Å²) in [5.41, 5.74) is 4.90. The van der Waals surface area contributed by atoms with Gasteiger partial charge in [-0.25, -0.2) is 0 Å². The highest BCUT2D eigenvalue weighted by molar-refractivity contribution is 7.99. The molecule has 4 rings (SSSR count). The van der Waals surface area contributed by atoms with Gasteiger partial charge in [0.25, 0.3) is 0 Å². The Hall–Kier alpha value is -3.09. The zero-order chi connectivity index (χ0) is 23.2. The summed E-state index contributed by atoms with van der Waals surface area (Å²) < 4.78 is 1.94. The minimum Gasteiger partial charge on any atom is -0.325 e. The van der Waals surface area contributed by atoms with Gasteiger partial charge in [0.15, 0.2) is 11.0 Å². The van der Waals surface area contributed by atoms with Crippen LogP contribution in [0.15, 0.2) is 78.0 Å². The molecule has 33 heavy (non-hydrogen) atoms. The molecular weight excluding hydrogens is 452 g/mol. The minimum absolute atomic E-state index is 0.0718. The Morgan fingerprint density at radius 2 is 1.58 bits per heavy atom. The second kappa shape index (κ2) is 10.7. The van der Waals surface area contributed by atoms with E-state index >= 15 is 0 Å². The molecule has 5 nitrogen and oxygen atoms in total. The molecule has 0 spiro atoms. The van der Waals surface area contributed by atoms with Gasteiger partial charge < -0.3 is 5.32 Å². The van der Waals surface area contributed by atoms with Crippen molar-refractivity contribution in [1.29, 1.82) is 0 Å². The van der Waals surface area contributed by atoms with Crippen molar-refractivity contribution >= 4 is 35.0 Å². The average Bonchev–Trinajstić information content (AvgIpc) is 3.27. The number of carbonyl (C=O) groups excluding carboxylic acids is 1. The first kappa shape index (κ1) is 23.1. The normalized spacial score (nSPS) is 10.9. The lowest BCUT2D eigenvalue weighted by atomic mass is 10.0. The molecule has 1 heterocycles. The van der Waals surface area contributed by atoms with Gasteiger partial charge in [-0.2, -0.15) is 0 Å². The van der Waals surface area contributed by atoms with Gasteiger partial charge in [0, 0.05) is 16.9 Å². The molecule has 0 aliphatic heterocycles. The molecule has 1 aromatic heterocycles. The van der Waals surface area contributed by atoms with Gasteiger partial charge in [-0.3, -0.25) is 9.36 Å². The number of carbonyl (C=O) groups is 1. The molecule has 3 aromatic carbocycles. The number of rotatable bonds is 8.